The predicted molar refractivity (Wildman–Crippen MR) is 132 cm³/mol. The molecule has 1 heterocycles. The second-order valence-electron chi connectivity index (χ2n) is 8.76. The highest BCUT2D eigenvalue weighted by Gasteiger charge is 2.39. The SMILES string of the molecule is CC(N)C(=O)NC(Cc1ccc(O)cc1)C(=O)N1CCCC1C(=O)NC(CCCN=C(N)N)C(=O)O. The number of carbonyl (C=O) groups excluding carboxylic acids is 3. The van der Waals surface area contributed by atoms with Gasteiger partial charge in [-0.05, 0) is 50.3 Å². The first-order valence-electron chi connectivity index (χ1n) is 11.7. The Balaban J connectivity index is 2.13. The minimum Gasteiger partial charge on any atom is -0.508 e. The Labute approximate surface area is 209 Å². The number of aromatic hydroxyl groups is 1. The number of carbonyl (C=O) groups is 4. The summed E-state index contributed by atoms with van der Waals surface area (Å²) in [4.78, 5) is 55.6. The third kappa shape index (κ3) is 8.41. The second kappa shape index (κ2) is 13.3. The van der Waals surface area contributed by atoms with Crippen LogP contribution in [0.5, 0.6) is 5.75 Å². The number of hydrogen-bond acceptors (Lipinski definition) is 7. The lowest BCUT2D eigenvalue weighted by Crippen LogP contribution is -2.57. The van der Waals surface area contributed by atoms with Gasteiger partial charge in [0.1, 0.15) is 23.9 Å². The molecule has 0 bridgehead atoms. The number of aliphatic imine (C=N–C) groups is 1. The van der Waals surface area contributed by atoms with E-state index in [9.17, 15) is 29.4 Å². The lowest BCUT2D eigenvalue weighted by molar-refractivity contribution is -0.145. The number of rotatable bonds is 12. The van der Waals surface area contributed by atoms with E-state index in [1.165, 1.54) is 24.0 Å². The fraction of sp³-hybridized carbons (Fsp3) is 0.522. The molecule has 0 aliphatic carbocycles. The number of phenolic OH excluding ortho intramolecular Hbond substituents is 1. The number of nitrogens with one attached hydrogen (secondary N) is 2. The van der Waals surface area contributed by atoms with Crippen molar-refractivity contribution in [2.75, 3.05) is 13.1 Å². The summed E-state index contributed by atoms with van der Waals surface area (Å²) in [7, 11) is 0. The number of aliphatic carboxylic acids is 1. The average Bonchev–Trinajstić information content (AvgIpc) is 3.31. The first kappa shape index (κ1) is 28.4. The molecule has 3 amide bonds. The quantitative estimate of drug-likeness (QED) is 0.0982. The number of guanidine groups is 1. The molecule has 1 aromatic rings. The van der Waals surface area contributed by atoms with E-state index >= 15 is 0 Å². The highest BCUT2D eigenvalue weighted by atomic mass is 16.4. The Bertz CT molecular complexity index is 962. The molecule has 13 nitrogen and oxygen atoms in total. The first-order chi connectivity index (χ1) is 17.0. The molecule has 2 rings (SSSR count). The second-order valence-corrected chi connectivity index (χ2v) is 8.76. The number of likely N-dealkylation sites (tertiary alicyclic amines) is 1. The molecule has 198 valence electrons. The largest absolute Gasteiger partial charge is 0.508 e. The van der Waals surface area contributed by atoms with Gasteiger partial charge in [0, 0.05) is 19.5 Å². The van der Waals surface area contributed by atoms with E-state index in [1.54, 1.807) is 12.1 Å². The molecule has 13 heteroatoms. The summed E-state index contributed by atoms with van der Waals surface area (Å²) in [6.45, 7) is 1.98. The molecule has 0 radical (unpaired) electrons. The molecule has 1 saturated heterocycles. The Morgan fingerprint density at radius 1 is 1.14 bits per heavy atom. The van der Waals surface area contributed by atoms with Crippen molar-refractivity contribution in [3.8, 4) is 5.75 Å². The van der Waals surface area contributed by atoms with Gasteiger partial charge in [0.15, 0.2) is 5.96 Å². The number of carboxylic acids is 1. The lowest BCUT2D eigenvalue weighted by atomic mass is 10.0. The van der Waals surface area contributed by atoms with Crippen molar-refractivity contribution in [2.45, 2.75) is 63.2 Å². The molecule has 1 aliphatic rings. The molecular formula is C23H35N7O6. The van der Waals surface area contributed by atoms with Gasteiger partial charge in [0.2, 0.25) is 17.7 Å². The van der Waals surface area contributed by atoms with Crippen molar-refractivity contribution in [3.63, 3.8) is 0 Å². The van der Waals surface area contributed by atoms with Crippen LogP contribution in [0.15, 0.2) is 29.3 Å². The Morgan fingerprint density at radius 2 is 1.81 bits per heavy atom. The van der Waals surface area contributed by atoms with Gasteiger partial charge in [0.05, 0.1) is 6.04 Å². The van der Waals surface area contributed by atoms with Gasteiger partial charge in [-0.25, -0.2) is 4.79 Å². The molecule has 36 heavy (non-hydrogen) atoms. The summed E-state index contributed by atoms with van der Waals surface area (Å²) in [6.07, 6.45) is 1.45. The lowest BCUT2D eigenvalue weighted by Gasteiger charge is -2.30. The van der Waals surface area contributed by atoms with Gasteiger partial charge in [0.25, 0.3) is 0 Å². The zero-order valence-corrected chi connectivity index (χ0v) is 20.2. The van der Waals surface area contributed by atoms with Gasteiger partial charge in [-0.15, -0.1) is 0 Å². The molecule has 0 saturated carbocycles. The number of nitrogens with two attached hydrogens (primary N) is 3. The third-order valence-electron chi connectivity index (χ3n) is 5.80. The van der Waals surface area contributed by atoms with Crippen molar-refractivity contribution in [1.29, 1.82) is 0 Å². The molecule has 0 spiro atoms. The van der Waals surface area contributed by atoms with Crippen LogP contribution in [0.3, 0.4) is 0 Å². The van der Waals surface area contributed by atoms with Crippen molar-refractivity contribution in [2.24, 2.45) is 22.2 Å². The van der Waals surface area contributed by atoms with Crippen LogP contribution in [0.25, 0.3) is 0 Å². The third-order valence-corrected chi connectivity index (χ3v) is 5.80. The highest BCUT2D eigenvalue weighted by Crippen LogP contribution is 2.21. The smallest absolute Gasteiger partial charge is 0.326 e. The normalized spacial score (nSPS) is 17.5. The van der Waals surface area contributed by atoms with Crippen molar-refractivity contribution in [1.82, 2.24) is 15.5 Å². The highest BCUT2D eigenvalue weighted by molar-refractivity contribution is 5.94. The summed E-state index contributed by atoms with van der Waals surface area (Å²) in [5.41, 5.74) is 16.9. The number of carboxylic acid groups (broad SMARTS) is 1. The van der Waals surface area contributed by atoms with Gasteiger partial charge >= 0.3 is 5.97 Å². The molecule has 1 fully saturated rings. The Kier molecular flexibility index (Phi) is 10.5. The zero-order valence-electron chi connectivity index (χ0n) is 20.2. The molecule has 4 unspecified atom stereocenters. The van der Waals surface area contributed by atoms with Crippen LogP contribution in [0.4, 0.5) is 0 Å². The van der Waals surface area contributed by atoms with Crippen LogP contribution in [0, 0.1) is 0 Å². The van der Waals surface area contributed by atoms with E-state index in [2.05, 4.69) is 15.6 Å². The van der Waals surface area contributed by atoms with Crippen LogP contribution < -0.4 is 27.8 Å². The van der Waals surface area contributed by atoms with Gasteiger partial charge in [-0.3, -0.25) is 19.4 Å². The maximum atomic E-state index is 13.5. The summed E-state index contributed by atoms with van der Waals surface area (Å²) in [6, 6.07) is 2.28. The molecular weight excluding hydrogens is 470 g/mol. The maximum absolute atomic E-state index is 13.5. The first-order valence-corrected chi connectivity index (χ1v) is 11.7. The zero-order chi connectivity index (χ0) is 26.8. The predicted octanol–water partition coefficient (Wildman–Crippen LogP) is -1.62. The minimum absolute atomic E-state index is 0.0591. The van der Waals surface area contributed by atoms with E-state index in [-0.39, 0.29) is 37.6 Å². The van der Waals surface area contributed by atoms with E-state index in [0.29, 0.717) is 24.8 Å². The number of hydrogen-bond donors (Lipinski definition) is 7. The standard InChI is InChI=1S/C23H35N7O6/c1-13(24)19(32)29-17(12-14-6-8-15(31)9-7-14)21(34)30-11-3-5-18(30)20(33)28-16(22(35)36)4-2-10-27-23(25)26/h6-9,13,16-18,31H,2-5,10-12,24H2,1H3,(H,28,33)(H,29,32)(H,35,36)(H4,25,26,27). The van der Waals surface area contributed by atoms with E-state index in [0.717, 1.165) is 0 Å². The summed E-state index contributed by atoms with van der Waals surface area (Å²) in [5.74, 6) is -2.85. The molecule has 4 atom stereocenters. The molecule has 1 aromatic carbocycles. The monoisotopic (exact) mass is 505 g/mol. The summed E-state index contributed by atoms with van der Waals surface area (Å²) >= 11 is 0. The maximum Gasteiger partial charge on any atom is 0.326 e. The molecule has 10 N–H and O–H groups in total. The molecule has 1 aliphatic heterocycles. The van der Waals surface area contributed by atoms with Crippen LogP contribution in [0.2, 0.25) is 0 Å². The number of nitrogens with zero attached hydrogens (tertiary/aromatic N) is 2. The van der Waals surface area contributed by atoms with Gasteiger partial charge in [-0.2, -0.15) is 0 Å². The van der Waals surface area contributed by atoms with E-state index in [1.807, 2.05) is 0 Å². The van der Waals surface area contributed by atoms with Crippen LogP contribution in [-0.4, -0.2) is 82.0 Å². The summed E-state index contributed by atoms with van der Waals surface area (Å²) in [5, 5.41) is 24.2. The molecule has 0 aromatic heterocycles. The number of benzene rings is 1. The van der Waals surface area contributed by atoms with Gasteiger partial charge < -0.3 is 42.9 Å². The number of phenols is 1. The van der Waals surface area contributed by atoms with Crippen LogP contribution >= 0.6 is 0 Å². The van der Waals surface area contributed by atoms with Gasteiger partial charge in [-0.1, -0.05) is 12.1 Å². The number of amides is 3. The van der Waals surface area contributed by atoms with Crippen LogP contribution in [-0.2, 0) is 25.6 Å². The van der Waals surface area contributed by atoms with E-state index < -0.39 is 47.9 Å². The van der Waals surface area contributed by atoms with Crippen molar-refractivity contribution in [3.05, 3.63) is 29.8 Å². The summed E-state index contributed by atoms with van der Waals surface area (Å²) < 4.78 is 0. The topological polar surface area (TPSA) is 226 Å². The fourth-order valence-corrected chi connectivity index (χ4v) is 3.90. The minimum atomic E-state index is -1.21. The van der Waals surface area contributed by atoms with Crippen LogP contribution in [0.1, 0.15) is 38.2 Å². The van der Waals surface area contributed by atoms with Crippen molar-refractivity contribution >= 4 is 29.7 Å². The Morgan fingerprint density at radius 3 is 2.39 bits per heavy atom. The fourth-order valence-electron chi connectivity index (χ4n) is 3.90. The average molecular weight is 506 g/mol. The van der Waals surface area contributed by atoms with Crippen molar-refractivity contribution < 1.29 is 29.4 Å². The Hall–Kier alpha value is -3.87. The van der Waals surface area contributed by atoms with E-state index in [4.69, 9.17) is 17.2 Å².